The Morgan fingerprint density at radius 1 is 0.902 bits per heavy atom. The van der Waals surface area contributed by atoms with Gasteiger partial charge in [0.05, 0.1) is 5.56 Å². The van der Waals surface area contributed by atoms with Crippen molar-refractivity contribution in [2.75, 3.05) is 6.54 Å². The van der Waals surface area contributed by atoms with Crippen molar-refractivity contribution in [3.8, 4) is 11.5 Å². The molecule has 0 unspecified atom stereocenters. The Hall–Kier alpha value is -4.27. The summed E-state index contributed by atoms with van der Waals surface area (Å²) in [5.74, 6) is -0.635. The lowest BCUT2D eigenvalue weighted by atomic mass is 10.1. The number of carboxylic acids is 1. The van der Waals surface area contributed by atoms with Gasteiger partial charge in [-0.15, -0.1) is 0 Å². The van der Waals surface area contributed by atoms with Crippen LogP contribution in [0.2, 0.25) is 0 Å². The number of carboxylic acid groups (broad SMARTS) is 1. The molecule has 0 spiro atoms. The van der Waals surface area contributed by atoms with E-state index in [1.165, 1.54) is 6.20 Å². The first-order chi connectivity index (χ1) is 19.8. The molecule has 214 valence electrons. The van der Waals surface area contributed by atoms with Crippen molar-refractivity contribution in [1.29, 1.82) is 0 Å². The van der Waals surface area contributed by atoms with E-state index >= 15 is 4.39 Å². The molecule has 0 saturated heterocycles. The predicted molar refractivity (Wildman–Crippen MR) is 156 cm³/mol. The van der Waals surface area contributed by atoms with E-state index < -0.39 is 18.0 Å². The SMILES string of the molecule is Cc1cccc(COc2ccccc2CN(CC[C@H](N)C(=O)O)Cc2c(OCc3cccc(C)c3)ccnc2F)c1. The molecule has 0 aliphatic heterocycles. The van der Waals surface area contributed by atoms with Crippen LogP contribution in [0.4, 0.5) is 4.39 Å². The number of hydrogen-bond acceptors (Lipinski definition) is 6. The minimum absolute atomic E-state index is 0.140. The van der Waals surface area contributed by atoms with E-state index in [1.807, 2.05) is 85.5 Å². The number of carbonyl (C=O) groups is 1. The van der Waals surface area contributed by atoms with E-state index in [1.54, 1.807) is 6.07 Å². The molecule has 0 fully saturated rings. The maximum absolute atomic E-state index is 15.1. The molecule has 41 heavy (non-hydrogen) atoms. The number of para-hydroxylation sites is 1. The molecular weight excluding hydrogens is 521 g/mol. The van der Waals surface area contributed by atoms with Crippen LogP contribution in [0.15, 0.2) is 85.1 Å². The number of aromatic nitrogens is 1. The lowest BCUT2D eigenvalue weighted by molar-refractivity contribution is -0.138. The van der Waals surface area contributed by atoms with E-state index in [9.17, 15) is 9.90 Å². The highest BCUT2D eigenvalue weighted by molar-refractivity contribution is 5.73. The summed E-state index contributed by atoms with van der Waals surface area (Å²) < 4.78 is 27.4. The highest BCUT2D eigenvalue weighted by Crippen LogP contribution is 2.27. The van der Waals surface area contributed by atoms with Crippen molar-refractivity contribution < 1.29 is 23.8 Å². The van der Waals surface area contributed by atoms with Gasteiger partial charge in [-0.3, -0.25) is 9.69 Å². The van der Waals surface area contributed by atoms with Gasteiger partial charge in [-0.2, -0.15) is 4.39 Å². The number of hydrogen-bond donors (Lipinski definition) is 2. The van der Waals surface area contributed by atoms with Crippen molar-refractivity contribution >= 4 is 5.97 Å². The number of ether oxygens (including phenoxy) is 2. The molecule has 0 amide bonds. The molecule has 0 bridgehead atoms. The Kier molecular flexibility index (Phi) is 10.4. The fraction of sp³-hybridized carbons (Fsp3) is 0.273. The largest absolute Gasteiger partial charge is 0.489 e. The van der Waals surface area contributed by atoms with Gasteiger partial charge in [0.2, 0.25) is 5.95 Å². The first-order valence-electron chi connectivity index (χ1n) is 13.6. The summed E-state index contributed by atoms with van der Waals surface area (Å²) in [7, 11) is 0. The minimum atomic E-state index is -1.08. The Balaban J connectivity index is 1.55. The Morgan fingerprint density at radius 2 is 1.54 bits per heavy atom. The number of pyridine rings is 1. The summed E-state index contributed by atoms with van der Waals surface area (Å²) in [6.45, 7) is 5.54. The summed E-state index contributed by atoms with van der Waals surface area (Å²) in [5.41, 5.74) is 11.3. The number of nitrogens with zero attached hydrogens (tertiary/aromatic N) is 2. The summed E-state index contributed by atoms with van der Waals surface area (Å²) in [5, 5.41) is 9.35. The quantitative estimate of drug-likeness (QED) is 0.189. The van der Waals surface area contributed by atoms with Crippen molar-refractivity contribution in [1.82, 2.24) is 9.88 Å². The maximum Gasteiger partial charge on any atom is 0.320 e. The Bertz CT molecular complexity index is 1460. The second-order valence-electron chi connectivity index (χ2n) is 10.2. The average Bonchev–Trinajstić information content (AvgIpc) is 2.95. The first kappa shape index (κ1) is 29.7. The van der Waals surface area contributed by atoms with Crippen LogP contribution < -0.4 is 15.2 Å². The Labute approximate surface area is 240 Å². The molecule has 4 rings (SSSR count). The highest BCUT2D eigenvalue weighted by Gasteiger charge is 2.20. The molecule has 7 nitrogen and oxygen atoms in total. The molecule has 0 radical (unpaired) electrons. The van der Waals surface area contributed by atoms with Gasteiger partial charge in [0.1, 0.15) is 30.8 Å². The van der Waals surface area contributed by atoms with Gasteiger partial charge < -0.3 is 20.3 Å². The molecule has 4 aromatic rings. The first-order valence-corrected chi connectivity index (χ1v) is 13.6. The van der Waals surface area contributed by atoms with E-state index in [0.717, 1.165) is 27.8 Å². The van der Waals surface area contributed by atoms with Gasteiger partial charge in [-0.25, -0.2) is 4.98 Å². The second kappa shape index (κ2) is 14.4. The standard InChI is InChI=1S/C33H36FN3O4/c1-23-7-5-9-25(17-23)21-40-30-12-4-3-11-27(30)19-37(16-14-29(35)33(38)39)20-28-31(13-15-36-32(28)34)41-22-26-10-6-8-24(2)18-26/h3-13,15,17-18,29H,14,16,19-22,35H2,1-2H3,(H,38,39)/t29-/m0/s1. The van der Waals surface area contributed by atoms with Crippen LogP contribution in [0.5, 0.6) is 11.5 Å². The summed E-state index contributed by atoms with van der Waals surface area (Å²) in [6, 6.07) is 24.3. The normalized spacial score (nSPS) is 11.8. The zero-order chi connectivity index (χ0) is 29.2. The second-order valence-corrected chi connectivity index (χ2v) is 10.2. The minimum Gasteiger partial charge on any atom is -0.489 e. The van der Waals surface area contributed by atoms with E-state index in [0.29, 0.717) is 36.8 Å². The average molecular weight is 558 g/mol. The van der Waals surface area contributed by atoms with E-state index in [-0.39, 0.29) is 19.6 Å². The van der Waals surface area contributed by atoms with Crippen LogP contribution in [-0.4, -0.2) is 33.5 Å². The number of aliphatic carboxylic acids is 1. The topological polar surface area (TPSA) is 97.9 Å². The Morgan fingerprint density at radius 3 is 2.17 bits per heavy atom. The van der Waals surface area contributed by atoms with Gasteiger partial charge in [-0.05, 0) is 43.5 Å². The van der Waals surface area contributed by atoms with Gasteiger partial charge in [0, 0.05) is 31.4 Å². The number of halogens is 1. The molecule has 1 aromatic heterocycles. The number of benzene rings is 3. The molecule has 0 aliphatic rings. The van der Waals surface area contributed by atoms with Gasteiger partial charge in [0.25, 0.3) is 0 Å². The van der Waals surface area contributed by atoms with Crippen molar-refractivity contribution in [3.05, 3.63) is 124 Å². The lowest BCUT2D eigenvalue weighted by Crippen LogP contribution is -2.35. The number of aryl methyl sites for hydroxylation is 2. The number of nitrogens with two attached hydrogens (primary N) is 1. The summed E-state index contributed by atoms with van der Waals surface area (Å²) >= 11 is 0. The van der Waals surface area contributed by atoms with Crippen LogP contribution in [0.3, 0.4) is 0 Å². The van der Waals surface area contributed by atoms with Crippen LogP contribution in [-0.2, 0) is 31.1 Å². The molecule has 1 heterocycles. The molecular formula is C33H36FN3O4. The molecule has 3 aromatic carbocycles. The molecule has 0 aliphatic carbocycles. The van der Waals surface area contributed by atoms with Crippen molar-refractivity contribution in [2.45, 2.75) is 52.6 Å². The zero-order valence-corrected chi connectivity index (χ0v) is 23.4. The monoisotopic (exact) mass is 557 g/mol. The molecule has 0 saturated carbocycles. The molecule has 3 N–H and O–H groups in total. The van der Waals surface area contributed by atoms with Crippen LogP contribution in [0.1, 0.15) is 39.8 Å². The summed E-state index contributed by atoms with van der Waals surface area (Å²) in [4.78, 5) is 17.2. The smallest absolute Gasteiger partial charge is 0.320 e. The molecule has 1 atom stereocenters. The molecule has 8 heteroatoms. The fourth-order valence-electron chi connectivity index (χ4n) is 4.55. The third kappa shape index (κ3) is 8.86. The van der Waals surface area contributed by atoms with E-state index in [4.69, 9.17) is 15.2 Å². The predicted octanol–water partition coefficient (Wildman–Crippen LogP) is 5.80. The van der Waals surface area contributed by atoms with Crippen LogP contribution in [0.25, 0.3) is 0 Å². The van der Waals surface area contributed by atoms with Gasteiger partial charge in [0.15, 0.2) is 0 Å². The van der Waals surface area contributed by atoms with Crippen molar-refractivity contribution in [2.24, 2.45) is 5.73 Å². The van der Waals surface area contributed by atoms with Crippen LogP contribution >= 0.6 is 0 Å². The fourth-order valence-corrected chi connectivity index (χ4v) is 4.55. The lowest BCUT2D eigenvalue weighted by Gasteiger charge is -2.25. The van der Waals surface area contributed by atoms with Gasteiger partial charge >= 0.3 is 5.97 Å². The van der Waals surface area contributed by atoms with Crippen molar-refractivity contribution in [3.63, 3.8) is 0 Å². The third-order valence-electron chi connectivity index (χ3n) is 6.74. The van der Waals surface area contributed by atoms with Crippen LogP contribution in [0, 0.1) is 19.8 Å². The highest BCUT2D eigenvalue weighted by atomic mass is 19.1. The van der Waals surface area contributed by atoms with E-state index in [2.05, 4.69) is 11.1 Å². The zero-order valence-electron chi connectivity index (χ0n) is 23.4. The third-order valence-corrected chi connectivity index (χ3v) is 6.74. The maximum atomic E-state index is 15.1. The summed E-state index contributed by atoms with van der Waals surface area (Å²) in [6.07, 6.45) is 1.56. The number of rotatable bonds is 14. The van der Waals surface area contributed by atoms with Gasteiger partial charge in [-0.1, -0.05) is 77.9 Å².